The summed E-state index contributed by atoms with van der Waals surface area (Å²) in [6.45, 7) is 16.1. The quantitative estimate of drug-likeness (QED) is 0.119. The van der Waals surface area contributed by atoms with Crippen molar-refractivity contribution in [2.24, 2.45) is 52.8 Å². The fraction of sp³-hybridized carbons (Fsp3) is 0.825. The topological polar surface area (TPSA) is 118 Å². The first kappa shape index (κ1) is 39.7. The van der Waals surface area contributed by atoms with Crippen LogP contribution in [0.15, 0.2) is 25.3 Å². The lowest BCUT2D eigenvalue weighted by Gasteiger charge is -2.51. The van der Waals surface area contributed by atoms with Gasteiger partial charge in [0.05, 0.1) is 37.3 Å². The summed E-state index contributed by atoms with van der Waals surface area (Å²) in [6, 6.07) is 0. The van der Waals surface area contributed by atoms with E-state index in [4.69, 9.17) is 23.7 Å². The Kier molecular flexibility index (Phi) is 15.4. The van der Waals surface area contributed by atoms with Gasteiger partial charge in [-0.3, -0.25) is 9.59 Å². The Morgan fingerprint density at radius 1 is 0.857 bits per heavy atom. The van der Waals surface area contributed by atoms with Gasteiger partial charge in [-0.15, -0.1) is 0 Å². The minimum atomic E-state index is -0.959. The summed E-state index contributed by atoms with van der Waals surface area (Å²) in [4.78, 5) is 37.7. The fourth-order valence-electron chi connectivity index (χ4n) is 9.22. The predicted molar refractivity (Wildman–Crippen MR) is 187 cm³/mol. The summed E-state index contributed by atoms with van der Waals surface area (Å²) in [5, 5.41) is 11.5. The second kappa shape index (κ2) is 19.0. The van der Waals surface area contributed by atoms with Gasteiger partial charge in [0, 0.05) is 23.9 Å². The largest absolute Gasteiger partial charge is 0.461 e. The highest BCUT2D eigenvalue weighted by atomic mass is 16.6. The van der Waals surface area contributed by atoms with Crippen LogP contribution in [0, 0.1) is 52.8 Å². The highest BCUT2D eigenvalue weighted by molar-refractivity contribution is 5.73. The van der Waals surface area contributed by atoms with E-state index in [1.165, 1.54) is 0 Å². The van der Waals surface area contributed by atoms with Gasteiger partial charge in [0.25, 0.3) is 0 Å². The second-order valence-electron chi connectivity index (χ2n) is 15.8. The average Bonchev–Trinajstić information content (AvgIpc) is 3.15. The van der Waals surface area contributed by atoms with Crippen LogP contribution < -0.4 is 0 Å². The first-order valence-electron chi connectivity index (χ1n) is 19.1. The van der Waals surface area contributed by atoms with Gasteiger partial charge >= 0.3 is 11.9 Å². The Morgan fingerprint density at radius 3 is 2.12 bits per heavy atom. The Hall–Kier alpha value is -2.07. The highest BCUT2D eigenvalue weighted by Gasteiger charge is 2.53. The third kappa shape index (κ3) is 10.3. The molecule has 9 nitrogen and oxygen atoms in total. The summed E-state index contributed by atoms with van der Waals surface area (Å²) < 4.78 is 31.0. The molecule has 7 atom stereocenters. The number of fused-ring (bicyclic) bond motifs is 2. The van der Waals surface area contributed by atoms with E-state index in [1.54, 1.807) is 12.2 Å². The van der Waals surface area contributed by atoms with Crippen LogP contribution in [0.1, 0.15) is 104 Å². The summed E-state index contributed by atoms with van der Waals surface area (Å²) >= 11 is 0. The molecule has 0 radical (unpaired) electrons. The molecule has 0 aromatic carbocycles. The summed E-state index contributed by atoms with van der Waals surface area (Å²) in [6.07, 6.45) is 13.7. The zero-order valence-electron chi connectivity index (χ0n) is 30.5. The minimum Gasteiger partial charge on any atom is -0.461 e. The molecule has 4 rings (SSSR count). The third-order valence-corrected chi connectivity index (χ3v) is 12.7. The van der Waals surface area contributed by atoms with Crippen molar-refractivity contribution in [3.05, 3.63) is 25.3 Å². The van der Waals surface area contributed by atoms with E-state index in [0.29, 0.717) is 51.6 Å². The lowest BCUT2D eigenvalue weighted by molar-refractivity contribution is -0.185. The molecule has 0 aromatic heterocycles. The number of carbonyl (C=O) groups is 3. The van der Waals surface area contributed by atoms with Gasteiger partial charge in [0.1, 0.15) is 19.5 Å². The SMILES string of the molecule is C=CCOC(=O)C1CCC(C2C3CC(CCC3C(=O)OCC=C)C(O)OCC(CC)(COCC3CCC(C=O)CC3)COC2(C)CC)CC1. The maximum Gasteiger partial charge on any atom is 0.309 e. The molecule has 0 aromatic rings. The molecule has 278 valence electrons. The van der Waals surface area contributed by atoms with Gasteiger partial charge in [0.15, 0.2) is 6.29 Å². The molecule has 1 heterocycles. The second-order valence-corrected chi connectivity index (χ2v) is 15.8. The molecular weight excluding hydrogens is 624 g/mol. The maximum atomic E-state index is 13.7. The predicted octanol–water partition coefficient (Wildman–Crippen LogP) is 6.85. The van der Waals surface area contributed by atoms with Gasteiger partial charge in [-0.25, -0.2) is 0 Å². The van der Waals surface area contributed by atoms with Crippen molar-refractivity contribution in [3.8, 4) is 0 Å². The minimum absolute atomic E-state index is 0.000468. The summed E-state index contributed by atoms with van der Waals surface area (Å²) in [5.41, 5.74) is -1.04. The van der Waals surface area contributed by atoms with Gasteiger partial charge in [0.2, 0.25) is 0 Å². The lowest BCUT2D eigenvalue weighted by atomic mass is 9.57. The number of esters is 2. The van der Waals surface area contributed by atoms with Gasteiger partial charge in [-0.2, -0.15) is 0 Å². The molecule has 3 aliphatic carbocycles. The van der Waals surface area contributed by atoms with E-state index in [2.05, 4.69) is 33.9 Å². The molecule has 0 amide bonds. The van der Waals surface area contributed by atoms with Crippen molar-refractivity contribution in [3.63, 3.8) is 0 Å². The number of hydrogen-bond acceptors (Lipinski definition) is 9. The average molecular weight is 689 g/mol. The molecule has 0 spiro atoms. The van der Waals surface area contributed by atoms with Crippen molar-refractivity contribution < 1.29 is 43.2 Å². The molecule has 4 fully saturated rings. The number of ether oxygens (including phenoxy) is 5. The fourth-order valence-corrected chi connectivity index (χ4v) is 9.22. The molecule has 1 saturated heterocycles. The number of hydrogen-bond donors (Lipinski definition) is 1. The summed E-state index contributed by atoms with van der Waals surface area (Å²) in [5.74, 6) is -0.217. The van der Waals surface area contributed by atoms with Crippen LogP contribution in [0.3, 0.4) is 0 Å². The Balaban J connectivity index is 1.61. The van der Waals surface area contributed by atoms with Crippen molar-refractivity contribution in [2.45, 2.75) is 116 Å². The van der Waals surface area contributed by atoms with Crippen molar-refractivity contribution in [2.75, 3.05) is 39.6 Å². The zero-order chi connectivity index (χ0) is 35.4. The molecule has 3 saturated carbocycles. The Labute approximate surface area is 294 Å². The van der Waals surface area contributed by atoms with Gasteiger partial charge < -0.3 is 33.6 Å². The number of aliphatic hydroxyl groups excluding tert-OH is 1. The van der Waals surface area contributed by atoms with Crippen LogP contribution in [0.2, 0.25) is 0 Å². The molecule has 1 N–H and O–H groups in total. The van der Waals surface area contributed by atoms with Crippen LogP contribution >= 0.6 is 0 Å². The van der Waals surface area contributed by atoms with E-state index in [9.17, 15) is 19.5 Å². The molecule has 2 bridgehead atoms. The third-order valence-electron chi connectivity index (χ3n) is 12.7. The molecule has 4 aliphatic rings. The van der Waals surface area contributed by atoms with E-state index < -0.39 is 17.3 Å². The number of aldehydes is 1. The smallest absolute Gasteiger partial charge is 0.309 e. The first-order valence-corrected chi connectivity index (χ1v) is 19.1. The van der Waals surface area contributed by atoms with E-state index in [-0.39, 0.29) is 66.6 Å². The lowest BCUT2D eigenvalue weighted by Crippen LogP contribution is -2.52. The zero-order valence-corrected chi connectivity index (χ0v) is 30.5. The standard InChI is InChI=1S/C40H64O9/c1-6-20-46-36(42)31-16-14-30(15-17-31)35-34-22-32(18-19-33(34)38(44)47-21-7-2)37(43)48-26-40(9-4,27-49-39(35,5)8-3)25-45-24-29-12-10-28(23-41)11-13-29/h6-7,23,28-35,37,43H,1-2,8-22,24-27H2,3-5H3. The van der Waals surface area contributed by atoms with Crippen LogP contribution in [0.5, 0.6) is 0 Å². The van der Waals surface area contributed by atoms with E-state index in [1.807, 2.05) is 0 Å². The molecule has 7 unspecified atom stereocenters. The first-order chi connectivity index (χ1) is 23.6. The van der Waals surface area contributed by atoms with Crippen molar-refractivity contribution in [1.82, 2.24) is 0 Å². The monoisotopic (exact) mass is 688 g/mol. The Morgan fingerprint density at radius 2 is 1.51 bits per heavy atom. The van der Waals surface area contributed by atoms with Gasteiger partial charge in [-0.1, -0.05) is 39.2 Å². The normalized spacial score (nSPS) is 38.7. The van der Waals surface area contributed by atoms with E-state index in [0.717, 1.165) is 70.5 Å². The van der Waals surface area contributed by atoms with Crippen molar-refractivity contribution >= 4 is 18.2 Å². The highest BCUT2D eigenvalue weighted by Crippen LogP contribution is 2.52. The molecule has 1 aliphatic heterocycles. The molecule has 49 heavy (non-hydrogen) atoms. The van der Waals surface area contributed by atoms with E-state index >= 15 is 0 Å². The maximum absolute atomic E-state index is 13.7. The summed E-state index contributed by atoms with van der Waals surface area (Å²) in [7, 11) is 0. The number of rotatable bonds is 14. The number of aliphatic hydroxyl groups is 1. The van der Waals surface area contributed by atoms with Crippen LogP contribution in [0.25, 0.3) is 0 Å². The number of carbonyl (C=O) groups excluding carboxylic acids is 3. The van der Waals surface area contributed by atoms with Gasteiger partial charge in [-0.05, 0) is 114 Å². The van der Waals surface area contributed by atoms with Crippen LogP contribution in [-0.4, -0.2) is 74.9 Å². The molecular formula is C40H64O9. The van der Waals surface area contributed by atoms with Crippen LogP contribution in [-0.2, 0) is 38.1 Å². The van der Waals surface area contributed by atoms with Crippen LogP contribution in [0.4, 0.5) is 0 Å². The Bertz CT molecular complexity index is 1080. The molecule has 9 heteroatoms. The van der Waals surface area contributed by atoms with Crippen molar-refractivity contribution in [1.29, 1.82) is 0 Å².